The summed E-state index contributed by atoms with van der Waals surface area (Å²) in [5.41, 5.74) is 0.632. The number of nitrogens with zero attached hydrogens (tertiary/aromatic N) is 1. The van der Waals surface area contributed by atoms with Gasteiger partial charge in [-0.25, -0.2) is 4.99 Å². The SMILES string of the molecule is COc1ccc(N=C(C)C#CC(F)(F)F)cc1. The fourth-order valence-electron chi connectivity index (χ4n) is 1.04. The minimum absolute atomic E-state index is 0.104. The molecular formula is C12H10F3NO. The zero-order valence-corrected chi connectivity index (χ0v) is 9.30. The highest BCUT2D eigenvalue weighted by molar-refractivity contribution is 6.00. The molecule has 0 aromatic heterocycles. The highest BCUT2D eigenvalue weighted by Crippen LogP contribution is 2.18. The topological polar surface area (TPSA) is 21.6 Å². The average molecular weight is 241 g/mol. The fourth-order valence-corrected chi connectivity index (χ4v) is 1.04. The number of alkyl halides is 3. The van der Waals surface area contributed by atoms with Crippen molar-refractivity contribution in [2.24, 2.45) is 4.99 Å². The summed E-state index contributed by atoms with van der Waals surface area (Å²) in [7, 11) is 1.53. The average Bonchev–Trinajstić information content (AvgIpc) is 2.27. The number of benzene rings is 1. The van der Waals surface area contributed by atoms with E-state index in [0.717, 1.165) is 5.92 Å². The third-order valence-electron chi connectivity index (χ3n) is 1.75. The Morgan fingerprint density at radius 3 is 2.29 bits per heavy atom. The Kier molecular flexibility index (Phi) is 4.16. The fraction of sp³-hybridized carbons (Fsp3) is 0.250. The Morgan fingerprint density at radius 2 is 1.82 bits per heavy atom. The van der Waals surface area contributed by atoms with Crippen LogP contribution in [0.5, 0.6) is 5.75 Å². The number of aliphatic imine (C=N–C) groups is 1. The molecule has 0 saturated heterocycles. The van der Waals surface area contributed by atoms with E-state index in [1.807, 2.05) is 5.92 Å². The van der Waals surface area contributed by atoms with E-state index in [2.05, 4.69) is 4.99 Å². The lowest BCUT2D eigenvalue weighted by Gasteiger charge is -1.99. The van der Waals surface area contributed by atoms with Gasteiger partial charge >= 0.3 is 6.18 Å². The molecule has 0 N–H and O–H groups in total. The Balaban J connectivity index is 2.83. The van der Waals surface area contributed by atoms with Crippen LogP contribution in [0.2, 0.25) is 0 Å². The van der Waals surface area contributed by atoms with Gasteiger partial charge in [-0.3, -0.25) is 0 Å². The van der Waals surface area contributed by atoms with Crippen LogP contribution in [0.25, 0.3) is 0 Å². The summed E-state index contributed by atoms with van der Waals surface area (Å²) >= 11 is 0. The van der Waals surface area contributed by atoms with Crippen molar-refractivity contribution in [1.82, 2.24) is 0 Å². The van der Waals surface area contributed by atoms with E-state index < -0.39 is 6.18 Å². The van der Waals surface area contributed by atoms with Gasteiger partial charge in [-0.2, -0.15) is 13.2 Å². The molecule has 0 aliphatic heterocycles. The molecule has 0 atom stereocenters. The first kappa shape index (κ1) is 13.1. The molecule has 0 radical (unpaired) electrons. The van der Waals surface area contributed by atoms with Gasteiger partial charge in [0.1, 0.15) is 5.75 Å². The van der Waals surface area contributed by atoms with Crippen LogP contribution < -0.4 is 4.74 Å². The maximum absolute atomic E-state index is 11.8. The molecule has 0 bridgehead atoms. The normalized spacial score (nSPS) is 11.7. The van der Waals surface area contributed by atoms with Crippen LogP contribution in [-0.4, -0.2) is 19.0 Å². The number of methoxy groups -OCH3 is 1. The lowest BCUT2D eigenvalue weighted by Crippen LogP contribution is -2.02. The van der Waals surface area contributed by atoms with Crippen molar-refractivity contribution in [1.29, 1.82) is 0 Å². The van der Waals surface area contributed by atoms with Crippen LogP contribution in [-0.2, 0) is 0 Å². The molecule has 1 aromatic rings. The molecule has 0 heterocycles. The summed E-state index contributed by atoms with van der Waals surface area (Å²) in [6.07, 6.45) is -4.49. The maximum atomic E-state index is 11.8. The van der Waals surface area contributed by atoms with Crippen molar-refractivity contribution in [3.63, 3.8) is 0 Å². The number of rotatable bonds is 2. The van der Waals surface area contributed by atoms with Crippen molar-refractivity contribution in [2.45, 2.75) is 13.1 Å². The van der Waals surface area contributed by atoms with Gasteiger partial charge in [-0.15, -0.1) is 0 Å². The molecule has 0 saturated carbocycles. The first-order valence-electron chi connectivity index (χ1n) is 4.70. The first-order chi connectivity index (χ1) is 7.90. The molecule has 0 amide bonds. The summed E-state index contributed by atoms with van der Waals surface area (Å²) < 4.78 is 40.4. The van der Waals surface area contributed by atoms with E-state index in [-0.39, 0.29) is 5.71 Å². The third-order valence-corrected chi connectivity index (χ3v) is 1.75. The molecule has 0 unspecified atom stereocenters. The lowest BCUT2D eigenvalue weighted by atomic mass is 10.3. The van der Waals surface area contributed by atoms with E-state index in [9.17, 15) is 13.2 Å². The van der Waals surface area contributed by atoms with Gasteiger partial charge in [0, 0.05) is 5.92 Å². The van der Waals surface area contributed by atoms with Crippen LogP contribution in [0.15, 0.2) is 29.3 Å². The summed E-state index contributed by atoms with van der Waals surface area (Å²) in [6.45, 7) is 1.42. The zero-order valence-electron chi connectivity index (χ0n) is 9.30. The van der Waals surface area contributed by atoms with E-state index in [1.165, 1.54) is 14.0 Å². The van der Waals surface area contributed by atoms with Gasteiger partial charge in [-0.05, 0) is 37.1 Å². The number of halogens is 3. The van der Waals surface area contributed by atoms with Crippen LogP contribution >= 0.6 is 0 Å². The van der Waals surface area contributed by atoms with E-state index in [1.54, 1.807) is 24.3 Å². The Bertz CT molecular complexity index is 463. The highest BCUT2D eigenvalue weighted by atomic mass is 19.4. The highest BCUT2D eigenvalue weighted by Gasteiger charge is 2.22. The molecule has 0 aliphatic carbocycles. The van der Waals surface area contributed by atoms with Crippen molar-refractivity contribution in [3.8, 4) is 17.6 Å². The second kappa shape index (κ2) is 5.39. The summed E-state index contributed by atoms with van der Waals surface area (Å²) in [4.78, 5) is 3.92. The molecule has 0 spiro atoms. The van der Waals surface area contributed by atoms with Crippen LogP contribution in [0.1, 0.15) is 6.92 Å². The second-order valence-corrected chi connectivity index (χ2v) is 3.14. The van der Waals surface area contributed by atoms with Gasteiger partial charge in [-0.1, -0.05) is 0 Å². The summed E-state index contributed by atoms with van der Waals surface area (Å²) in [5, 5.41) is 0. The van der Waals surface area contributed by atoms with Crippen LogP contribution in [0, 0.1) is 11.8 Å². The standard InChI is InChI=1S/C12H10F3NO/c1-9(7-8-12(13,14)15)16-10-3-5-11(17-2)6-4-10/h3-6H,1-2H3. The van der Waals surface area contributed by atoms with Gasteiger partial charge in [0.05, 0.1) is 18.5 Å². The molecule has 17 heavy (non-hydrogen) atoms. The van der Waals surface area contributed by atoms with E-state index in [4.69, 9.17) is 4.74 Å². The van der Waals surface area contributed by atoms with Gasteiger partial charge in [0.15, 0.2) is 0 Å². The van der Waals surface area contributed by atoms with E-state index >= 15 is 0 Å². The first-order valence-corrected chi connectivity index (χ1v) is 4.70. The molecule has 0 aliphatic rings. The minimum atomic E-state index is -4.49. The Labute approximate surface area is 97.1 Å². The second-order valence-electron chi connectivity index (χ2n) is 3.14. The largest absolute Gasteiger partial charge is 0.497 e. The van der Waals surface area contributed by atoms with Crippen molar-refractivity contribution >= 4 is 11.4 Å². The molecule has 1 aromatic carbocycles. The predicted octanol–water partition coefficient (Wildman–Crippen LogP) is 3.35. The smallest absolute Gasteiger partial charge is 0.458 e. The maximum Gasteiger partial charge on any atom is 0.458 e. The Morgan fingerprint density at radius 1 is 1.24 bits per heavy atom. The minimum Gasteiger partial charge on any atom is -0.497 e. The third kappa shape index (κ3) is 5.07. The summed E-state index contributed by atoms with van der Waals surface area (Å²) in [6, 6.07) is 6.61. The van der Waals surface area contributed by atoms with Crippen LogP contribution in [0.4, 0.5) is 18.9 Å². The van der Waals surface area contributed by atoms with Crippen LogP contribution in [0.3, 0.4) is 0 Å². The van der Waals surface area contributed by atoms with Crippen molar-refractivity contribution in [3.05, 3.63) is 24.3 Å². The molecule has 1 rings (SSSR count). The Hall–Kier alpha value is -1.96. The van der Waals surface area contributed by atoms with E-state index in [0.29, 0.717) is 11.4 Å². The predicted molar refractivity (Wildman–Crippen MR) is 59.6 cm³/mol. The summed E-state index contributed by atoms with van der Waals surface area (Å²) in [5.74, 6) is 3.76. The molecule has 90 valence electrons. The molecule has 2 nitrogen and oxygen atoms in total. The molecule has 0 fully saturated rings. The number of ether oxygens (including phenoxy) is 1. The monoisotopic (exact) mass is 241 g/mol. The van der Waals surface area contributed by atoms with Gasteiger partial charge < -0.3 is 4.74 Å². The zero-order chi connectivity index (χ0) is 12.9. The molecule has 5 heteroatoms. The lowest BCUT2D eigenvalue weighted by molar-refractivity contribution is -0.0696. The number of hydrogen-bond acceptors (Lipinski definition) is 2. The number of hydrogen-bond donors (Lipinski definition) is 0. The van der Waals surface area contributed by atoms with Gasteiger partial charge in [0.2, 0.25) is 0 Å². The van der Waals surface area contributed by atoms with Crippen molar-refractivity contribution < 1.29 is 17.9 Å². The molecular weight excluding hydrogens is 231 g/mol. The van der Waals surface area contributed by atoms with Gasteiger partial charge in [0.25, 0.3) is 0 Å². The quantitative estimate of drug-likeness (QED) is 0.574. The van der Waals surface area contributed by atoms with Crippen molar-refractivity contribution in [2.75, 3.05) is 7.11 Å².